The van der Waals surface area contributed by atoms with Gasteiger partial charge in [0.05, 0.1) is 0 Å². The number of nitrogens with one attached hydrogen (secondary N) is 1. The molecule has 106 valence electrons. The van der Waals surface area contributed by atoms with Crippen molar-refractivity contribution in [3.8, 4) is 0 Å². The molecule has 0 aliphatic heterocycles. The third-order valence-electron chi connectivity index (χ3n) is 3.70. The Balaban J connectivity index is 1.94. The van der Waals surface area contributed by atoms with Crippen LogP contribution >= 0.6 is 0 Å². The third kappa shape index (κ3) is 2.41. The fourth-order valence-electron chi connectivity index (χ4n) is 3.18. The largest absolute Gasteiger partial charge is 0.480 e. The van der Waals surface area contributed by atoms with E-state index in [0.717, 1.165) is 0 Å². The first kappa shape index (κ1) is 13.8. The molecule has 2 N–H and O–H groups in total. The Labute approximate surface area is 108 Å². The van der Waals surface area contributed by atoms with E-state index in [1.54, 1.807) is 0 Å². The van der Waals surface area contributed by atoms with Crippen molar-refractivity contribution in [2.75, 3.05) is 6.61 Å². The number of aliphatic carboxylic acids is 1. The predicted molar refractivity (Wildman–Crippen MR) is 60.9 cm³/mol. The molecule has 0 aromatic heterocycles. The Morgan fingerprint density at radius 1 is 1.32 bits per heavy atom. The molecule has 2 fully saturated rings. The number of halogens is 2. The maximum absolute atomic E-state index is 12.9. The summed E-state index contributed by atoms with van der Waals surface area (Å²) in [7, 11) is 0. The average molecular weight is 275 g/mol. The van der Waals surface area contributed by atoms with E-state index in [-0.39, 0.29) is 32.3 Å². The molecule has 5 nitrogen and oxygen atoms in total. The van der Waals surface area contributed by atoms with Crippen LogP contribution in [0.4, 0.5) is 13.6 Å². The van der Waals surface area contributed by atoms with Gasteiger partial charge in [-0.25, -0.2) is 18.4 Å². The molecule has 0 aromatic carbocycles. The van der Waals surface area contributed by atoms with Crippen LogP contribution in [0.1, 0.15) is 25.7 Å². The number of rotatable bonds is 4. The van der Waals surface area contributed by atoms with Crippen molar-refractivity contribution in [2.45, 2.75) is 37.1 Å². The topological polar surface area (TPSA) is 75.6 Å². The first-order valence-corrected chi connectivity index (χ1v) is 5.90. The Hall–Kier alpha value is -1.66. The number of hydrogen-bond donors (Lipinski definition) is 2. The monoisotopic (exact) mass is 275 g/mol. The van der Waals surface area contributed by atoms with Gasteiger partial charge in [0, 0.05) is 12.8 Å². The van der Waals surface area contributed by atoms with Crippen molar-refractivity contribution in [2.24, 2.45) is 5.41 Å². The van der Waals surface area contributed by atoms with E-state index in [9.17, 15) is 18.4 Å². The molecule has 2 saturated carbocycles. The first-order chi connectivity index (χ1) is 8.73. The van der Waals surface area contributed by atoms with E-state index in [1.165, 1.54) is 6.08 Å². The number of hydrogen-bond acceptors (Lipinski definition) is 3. The molecule has 2 aliphatic carbocycles. The maximum atomic E-state index is 12.9. The van der Waals surface area contributed by atoms with Crippen LogP contribution in [-0.2, 0) is 9.53 Å². The Morgan fingerprint density at radius 3 is 2.32 bits per heavy atom. The van der Waals surface area contributed by atoms with Crippen LogP contribution in [0.25, 0.3) is 0 Å². The summed E-state index contributed by atoms with van der Waals surface area (Å²) >= 11 is 0. The molecular weight excluding hydrogens is 260 g/mol. The van der Waals surface area contributed by atoms with Gasteiger partial charge in [-0.15, -0.1) is 0 Å². The van der Waals surface area contributed by atoms with Crippen molar-refractivity contribution in [1.82, 2.24) is 5.32 Å². The molecule has 1 amide bonds. The molecule has 0 bridgehead atoms. The lowest BCUT2D eigenvalue weighted by molar-refractivity contribution is -0.220. The average Bonchev–Trinajstić information content (AvgIpc) is 2.20. The molecule has 0 unspecified atom stereocenters. The first-order valence-electron chi connectivity index (χ1n) is 5.90. The van der Waals surface area contributed by atoms with Crippen LogP contribution < -0.4 is 5.32 Å². The van der Waals surface area contributed by atoms with Gasteiger partial charge in [-0.1, -0.05) is 12.7 Å². The van der Waals surface area contributed by atoms with Crippen molar-refractivity contribution >= 4 is 12.1 Å². The molecule has 0 atom stereocenters. The predicted octanol–water partition coefficient (Wildman–Crippen LogP) is 1.93. The second-order valence-electron chi connectivity index (χ2n) is 5.46. The summed E-state index contributed by atoms with van der Waals surface area (Å²) in [5.41, 5.74) is -2.12. The quantitative estimate of drug-likeness (QED) is 0.769. The maximum Gasteiger partial charge on any atom is 0.408 e. The highest BCUT2D eigenvalue weighted by Gasteiger charge is 2.69. The summed E-state index contributed by atoms with van der Waals surface area (Å²) < 4.78 is 30.4. The lowest BCUT2D eigenvalue weighted by Gasteiger charge is -2.60. The van der Waals surface area contributed by atoms with E-state index < -0.39 is 28.9 Å². The minimum atomic E-state index is -2.70. The van der Waals surface area contributed by atoms with Crippen LogP contribution in [-0.4, -0.2) is 35.2 Å². The van der Waals surface area contributed by atoms with Crippen molar-refractivity contribution in [3.05, 3.63) is 12.7 Å². The third-order valence-corrected chi connectivity index (χ3v) is 3.70. The number of carboxylic acids is 1. The number of carbonyl (C=O) groups is 2. The van der Waals surface area contributed by atoms with E-state index in [2.05, 4.69) is 16.6 Å². The highest BCUT2D eigenvalue weighted by molar-refractivity contribution is 5.86. The summed E-state index contributed by atoms with van der Waals surface area (Å²) in [6, 6.07) is 0. The molecule has 0 saturated heterocycles. The van der Waals surface area contributed by atoms with Gasteiger partial charge in [-0.2, -0.15) is 0 Å². The van der Waals surface area contributed by atoms with Gasteiger partial charge in [-0.3, -0.25) is 0 Å². The Bertz CT molecular complexity index is 419. The number of amides is 1. The molecule has 0 heterocycles. The number of carbonyl (C=O) groups excluding carboxylic acids is 1. The minimum Gasteiger partial charge on any atom is -0.480 e. The Morgan fingerprint density at radius 2 is 1.89 bits per heavy atom. The van der Waals surface area contributed by atoms with Gasteiger partial charge in [0.1, 0.15) is 12.1 Å². The summed E-state index contributed by atoms with van der Waals surface area (Å²) in [5.74, 6) is -3.92. The van der Waals surface area contributed by atoms with Crippen molar-refractivity contribution < 1.29 is 28.2 Å². The van der Waals surface area contributed by atoms with Crippen LogP contribution in [0.3, 0.4) is 0 Å². The van der Waals surface area contributed by atoms with Gasteiger partial charge < -0.3 is 15.2 Å². The van der Waals surface area contributed by atoms with Gasteiger partial charge in [0.2, 0.25) is 5.92 Å². The highest BCUT2D eigenvalue weighted by atomic mass is 19.3. The summed E-state index contributed by atoms with van der Waals surface area (Å²) in [6.07, 6.45) is -0.0934. The fraction of sp³-hybridized carbons (Fsp3) is 0.667. The molecule has 2 rings (SSSR count). The number of alkyl halides is 2. The molecule has 0 radical (unpaired) electrons. The van der Waals surface area contributed by atoms with Gasteiger partial charge in [0.25, 0.3) is 0 Å². The van der Waals surface area contributed by atoms with Crippen LogP contribution in [0, 0.1) is 5.41 Å². The molecule has 19 heavy (non-hydrogen) atoms. The second-order valence-corrected chi connectivity index (χ2v) is 5.46. The van der Waals surface area contributed by atoms with Crippen LogP contribution in [0.2, 0.25) is 0 Å². The van der Waals surface area contributed by atoms with Gasteiger partial charge in [0.15, 0.2) is 0 Å². The highest BCUT2D eigenvalue weighted by Crippen LogP contribution is 2.65. The summed E-state index contributed by atoms with van der Waals surface area (Å²) in [4.78, 5) is 22.6. The molecular formula is C12H15F2NO4. The van der Waals surface area contributed by atoms with Crippen LogP contribution in [0.15, 0.2) is 12.7 Å². The summed E-state index contributed by atoms with van der Waals surface area (Å²) in [5, 5.41) is 11.4. The lowest BCUT2D eigenvalue weighted by atomic mass is 9.47. The van der Waals surface area contributed by atoms with E-state index in [4.69, 9.17) is 5.11 Å². The lowest BCUT2D eigenvalue weighted by Crippen LogP contribution is -2.71. The number of carboxylic acid groups (broad SMARTS) is 1. The van der Waals surface area contributed by atoms with Crippen molar-refractivity contribution in [3.63, 3.8) is 0 Å². The molecule has 0 aromatic rings. The number of ether oxygens (including phenoxy) is 1. The standard InChI is InChI=1S/C12H15F2NO4/c1-2-3-19-9(18)15-11(8(16)17)4-10(5-11)6-12(13,14)7-10/h2H,1,3-7H2,(H,15,18)(H,16,17). The fourth-order valence-corrected chi connectivity index (χ4v) is 3.18. The minimum absolute atomic E-state index is 0.0219. The smallest absolute Gasteiger partial charge is 0.408 e. The van der Waals surface area contributed by atoms with Gasteiger partial charge in [-0.05, 0) is 18.3 Å². The van der Waals surface area contributed by atoms with Crippen molar-refractivity contribution in [1.29, 1.82) is 0 Å². The zero-order valence-corrected chi connectivity index (χ0v) is 10.2. The summed E-state index contributed by atoms with van der Waals surface area (Å²) in [6.45, 7) is 3.32. The molecule has 1 spiro atoms. The van der Waals surface area contributed by atoms with E-state index in [0.29, 0.717) is 0 Å². The normalized spacial score (nSPS) is 24.7. The molecule has 2 aliphatic rings. The van der Waals surface area contributed by atoms with E-state index in [1.807, 2.05) is 0 Å². The van der Waals surface area contributed by atoms with Gasteiger partial charge >= 0.3 is 12.1 Å². The SMILES string of the molecule is C=CCOC(=O)NC1(C(=O)O)CC2(CC(F)(F)C2)C1. The van der Waals surface area contributed by atoms with Crippen LogP contribution in [0.5, 0.6) is 0 Å². The number of alkyl carbamates (subject to hydrolysis) is 1. The second kappa shape index (κ2) is 4.18. The zero-order chi connectivity index (χ0) is 14.3. The molecule has 7 heteroatoms. The van der Waals surface area contributed by atoms with E-state index >= 15 is 0 Å². The zero-order valence-electron chi connectivity index (χ0n) is 10.2. The Kier molecular flexibility index (Phi) is 3.03.